The van der Waals surface area contributed by atoms with Crippen molar-refractivity contribution >= 4 is 22.0 Å². The van der Waals surface area contributed by atoms with E-state index in [1.165, 1.54) is 24.3 Å². The monoisotopic (exact) mass is 369 g/mol. The van der Waals surface area contributed by atoms with Gasteiger partial charge in [-0.1, -0.05) is 58.4 Å². The summed E-state index contributed by atoms with van der Waals surface area (Å²) in [5, 5.41) is 2.08. The summed E-state index contributed by atoms with van der Waals surface area (Å²) in [5.41, 5.74) is 0.622. The van der Waals surface area contributed by atoms with E-state index in [4.69, 9.17) is 4.74 Å². The number of ether oxygens (including phenoxy) is 1. The van der Waals surface area contributed by atoms with E-state index in [1.54, 1.807) is 24.3 Å². The Balaban J connectivity index is 1.83. The molecule has 2 rings (SSSR count). The standard InChI is InChI=1S/C16H14BrF2NO2/c17-14-8-6-13(7-9-14)16(18,19)11-20-15(21)22-10-12-4-2-1-3-5-12/h1-9H,10-11H2,(H,20,21). The minimum atomic E-state index is -3.16. The molecule has 3 nitrogen and oxygen atoms in total. The molecule has 2 aromatic carbocycles. The van der Waals surface area contributed by atoms with Gasteiger partial charge >= 0.3 is 6.09 Å². The van der Waals surface area contributed by atoms with E-state index in [9.17, 15) is 13.6 Å². The third-order valence-corrected chi connectivity index (χ3v) is 3.46. The van der Waals surface area contributed by atoms with Crippen molar-refractivity contribution in [3.63, 3.8) is 0 Å². The molecule has 0 bridgehead atoms. The van der Waals surface area contributed by atoms with Crippen molar-refractivity contribution in [2.24, 2.45) is 0 Å². The molecule has 0 heterocycles. The van der Waals surface area contributed by atoms with Crippen molar-refractivity contribution in [1.29, 1.82) is 0 Å². The van der Waals surface area contributed by atoms with Crippen LogP contribution in [0.1, 0.15) is 11.1 Å². The highest BCUT2D eigenvalue weighted by atomic mass is 79.9. The van der Waals surface area contributed by atoms with E-state index < -0.39 is 18.6 Å². The molecule has 2 aromatic rings. The Hall–Kier alpha value is -1.95. The first-order valence-corrected chi connectivity index (χ1v) is 7.35. The normalized spacial score (nSPS) is 11.0. The summed E-state index contributed by atoms with van der Waals surface area (Å²) < 4.78 is 33.4. The maximum Gasteiger partial charge on any atom is 0.407 e. The van der Waals surface area contributed by atoms with Crippen molar-refractivity contribution in [3.05, 3.63) is 70.2 Å². The largest absolute Gasteiger partial charge is 0.445 e. The molecule has 0 aliphatic heterocycles. The molecular weight excluding hydrogens is 356 g/mol. The number of benzene rings is 2. The smallest absolute Gasteiger partial charge is 0.407 e. The second-order valence-corrected chi connectivity index (χ2v) is 5.54. The lowest BCUT2D eigenvalue weighted by atomic mass is 10.1. The second kappa shape index (κ2) is 7.35. The fourth-order valence-corrected chi connectivity index (χ4v) is 2.02. The Kier molecular flexibility index (Phi) is 5.49. The fraction of sp³-hybridized carbons (Fsp3) is 0.188. The zero-order chi connectivity index (χ0) is 16.0. The molecule has 0 radical (unpaired) electrons. The van der Waals surface area contributed by atoms with Gasteiger partial charge in [-0.2, -0.15) is 8.78 Å². The molecule has 1 N–H and O–H groups in total. The number of halogens is 3. The van der Waals surface area contributed by atoms with Gasteiger partial charge in [0.1, 0.15) is 6.61 Å². The molecule has 0 saturated heterocycles. The number of hydrogen-bond acceptors (Lipinski definition) is 2. The van der Waals surface area contributed by atoms with Crippen molar-refractivity contribution in [3.8, 4) is 0 Å². The third-order valence-electron chi connectivity index (χ3n) is 2.93. The Morgan fingerprint density at radius 2 is 1.73 bits per heavy atom. The number of alkyl halides is 2. The van der Waals surface area contributed by atoms with Crippen LogP contribution in [0.5, 0.6) is 0 Å². The maximum atomic E-state index is 13.9. The first-order valence-electron chi connectivity index (χ1n) is 6.56. The number of nitrogens with one attached hydrogen (secondary N) is 1. The minimum absolute atomic E-state index is 0.0382. The van der Waals surface area contributed by atoms with Crippen LogP contribution >= 0.6 is 15.9 Å². The van der Waals surface area contributed by atoms with Gasteiger partial charge in [-0.15, -0.1) is 0 Å². The van der Waals surface area contributed by atoms with Crippen LogP contribution in [0.4, 0.5) is 13.6 Å². The van der Waals surface area contributed by atoms with Gasteiger partial charge in [0.05, 0.1) is 6.54 Å². The lowest BCUT2D eigenvalue weighted by Crippen LogP contribution is -2.35. The topological polar surface area (TPSA) is 38.3 Å². The first-order chi connectivity index (χ1) is 10.5. The van der Waals surface area contributed by atoms with E-state index in [-0.39, 0.29) is 12.2 Å². The Bertz CT molecular complexity index is 618. The van der Waals surface area contributed by atoms with Crippen LogP contribution in [-0.2, 0) is 17.3 Å². The number of rotatable bonds is 5. The van der Waals surface area contributed by atoms with Crippen LogP contribution in [0.25, 0.3) is 0 Å². The highest BCUT2D eigenvalue weighted by molar-refractivity contribution is 9.10. The van der Waals surface area contributed by atoms with Crippen molar-refractivity contribution < 1.29 is 18.3 Å². The summed E-state index contributed by atoms with van der Waals surface area (Å²) >= 11 is 3.18. The molecule has 0 fully saturated rings. The van der Waals surface area contributed by atoms with Crippen molar-refractivity contribution in [1.82, 2.24) is 5.32 Å². The lowest BCUT2D eigenvalue weighted by molar-refractivity contribution is -0.00379. The van der Waals surface area contributed by atoms with Gasteiger partial charge in [0, 0.05) is 10.0 Å². The van der Waals surface area contributed by atoms with Crippen LogP contribution in [0.2, 0.25) is 0 Å². The quantitative estimate of drug-likeness (QED) is 0.844. The molecule has 116 valence electrons. The van der Waals surface area contributed by atoms with Crippen LogP contribution < -0.4 is 5.32 Å². The highest BCUT2D eigenvalue weighted by Gasteiger charge is 2.32. The number of hydrogen-bond donors (Lipinski definition) is 1. The molecule has 6 heteroatoms. The SMILES string of the molecule is O=C(NCC(F)(F)c1ccc(Br)cc1)OCc1ccccc1. The van der Waals surface area contributed by atoms with Gasteiger partial charge in [-0.25, -0.2) is 4.79 Å². The maximum absolute atomic E-state index is 13.9. The molecule has 22 heavy (non-hydrogen) atoms. The van der Waals surface area contributed by atoms with Gasteiger partial charge in [0.25, 0.3) is 5.92 Å². The average Bonchev–Trinajstić information content (AvgIpc) is 2.52. The van der Waals surface area contributed by atoms with Crippen LogP contribution in [0.15, 0.2) is 59.1 Å². The molecule has 1 amide bonds. The lowest BCUT2D eigenvalue weighted by Gasteiger charge is -2.17. The molecule has 0 unspecified atom stereocenters. The zero-order valence-electron chi connectivity index (χ0n) is 11.6. The van der Waals surface area contributed by atoms with E-state index in [1.807, 2.05) is 6.07 Å². The van der Waals surface area contributed by atoms with Gasteiger partial charge in [-0.3, -0.25) is 0 Å². The fourth-order valence-electron chi connectivity index (χ4n) is 1.75. The Morgan fingerprint density at radius 1 is 1.09 bits per heavy atom. The molecule has 0 aromatic heterocycles. The molecular formula is C16H14BrF2NO2. The molecule has 0 aliphatic rings. The van der Waals surface area contributed by atoms with E-state index >= 15 is 0 Å². The summed E-state index contributed by atoms with van der Waals surface area (Å²) in [6.07, 6.45) is -0.874. The van der Waals surface area contributed by atoms with E-state index in [0.717, 1.165) is 5.56 Å². The van der Waals surface area contributed by atoms with Gasteiger partial charge < -0.3 is 10.1 Å². The number of alkyl carbamates (subject to hydrolysis) is 1. The third kappa shape index (κ3) is 4.80. The van der Waals surface area contributed by atoms with Crippen molar-refractivity contribution in [2.45, 2.75) is 12.5 Å². The average molecular weight is 370 g/mol. The molecule has 0 saturated carbocycles. The summed E-state index contributed by atoms with van der Waals surface area (Å²) in [6, 6.07) is 14.7. The number of amides is 1. The van der Waals surface area contributed by atoms with Gasteiger partial charge in [0.15, 0.2) is 0 Å². The summed E-state index contributed by atoms with van der Waals surface area (Å²) in [7, 11) is 0. The second-order valence-electron chi connectivity index (χ2n) is 4.63. The molecule has 0 aliphatic carbocycles. The Morgan fingerprint density at radius 3 is 2.36 bits per heavy atom. The summed E-state index contributed by atoms with van der Waals surface area (Å²) in [4.78, 5) is 11.5. The van der Waals surface area contributed by atoms with E-state index in [2.05, 4.69) is 21.2 Å². The summed E-state index contributed by atoms with van der Waals surface area (Å²) in [5.74, 6) is -3.16. The van der Waals surface area contributed by atoms with E-state index in [0.29, 0.717) is 4.47 Å². The first kappa shape index (κ1) is 16.4. The number of carbonyl (C=O) groups is 1. The van der Waals surface area contributed by atoms with Gasteiger partial charge in [0.2, 0.25) is 0 Å². The van der Waals surface area contributed by atoms with Crippen LogP contribution in [-0.4, -0.2) is 12.6 Å². The summed E-state index contributed by atoms with van der Waals surface area (Å²) in [6.45, 7) is -0.779. The van der Waals surface area contributed by atoms with Gasteiger partial charge in [-0.05, 0) is 17.7 Å². The zero-order valence-corrected chi connectivity index (χ0v) is 13.1. The number of carbonyl (C=O) groups excluding carboxylic acids is 1. The Labute approximate surface area is 135 Å². The molecule has 0 atom stereocenters. The van der Waals surface area contributed by atoms with Crippen molar-refractivity contribution in [2.75, 3.05) is 6.54 Å². The molecule has 0 spiro atoms. The highest BCUT2D eigenvalue weighted by Crippen LogP contribution is 2.28. The predicted molar refractivity (Wildman–Crippen MR) is 82.7 cm³/mol. The van der Waals surface area contributed by atoms with Crippen LogP contribution in [0.3, 0.4) is 0 Å². The predicted octanol–water partition coefficient (Wildman–Crippen LogP) is 4.47. The minimum Gasteiger partial charge on any atom is -0.445 e. The van der Waals surface area contributed by atoms with Crippen LogP contribution in [0, 0.1) is 0 Å².